The van der Waals surface area contributed by atoms with E-state index in [1.54, 1.807) is 24.3 Å². The van der Waals surface area contributed by atoms with Gasteiger partial charge < -0.3 is 5.11 Å². The van der Waals surface area contributed by atoms with E-state index >= 15 is 0 Å². The summed E-state index contributed by atoms with van der Waals surface area (Å²) in [5, 5.41) is 9.45. The first kappa shape index (κ1) is 17.8. The van der Waals surface area contributed by atoms with Crippen molar-refractivity contribution in [3.8, 4) is 22.3 Å². The molecule has 3 aromatic carbocycles. The minimum absolute atomic E-state index is 0.0940. The summed E-state index contributed by atoms with van der Waals surface area (Å²) in [7, 11) is 0. The Morgan fingerprint density at radius 3 is 1.33 bits per heavy atom. The lowest BCUT2D eigenvalue weighted by Crippen LogP contribution is -1.89. The highest BCUT2D eigenvalue weighted by atomic mass is 19.1. The molecule has 0 saturated carbocycles. The highest BCUT2D eigenvalue weighted by Crippen LogP contribution is 2.28. The average molecular weight is 326 g/mol. The van der Waals surface area contributed by atoms with Crippen molar-refractivity contribution in [1.29, 1.82) is 0 Å². The summed E-state index contributed by atoms with van der Waals surface area (Å²) in [5.41, 5.74) is 4.23. The van der Waals surface area contributed by atoms with E-state index in [2.05, 4.69) is 0 Å². The molecule has 0 saturated heterocycles. The second-order valence-corrected chi connectivity index (χ2v) is 5.09. The van der Waals surface area contributed by atoms with Crippen LogP contribution < -0.4 is 0 Å². The van der Waals surface area contributed by atoms with Gasteiger partial charge in [-0.25, -0.2) is 8.78 Å². The first-order valence-electron chi connectivity index (χ1n) is 7.92. The molecule has 0 atom stereocenters. The molecule has 0 aliphatic rings. The maximum Gasteiger partial charge on any atom is 0.123 e. The molecule has 0 heterocycles. The number of rotatable bonds is 3. The molecule has 0 aliphatic heterocycles. The monoisotopic (exact) mass is 326 g/mol. The van der Waals surface area contributed by atoms with Gasteiger partial charge in [-0.05, 0) is 70.3 Å². The minimum Gasteiger partial charge on any atom is -0.392 e. The maximum absolute atomic E-state index is 13.1. The molecule has 0 fully saturated rings. The molecule has 0 spiro atoms. The SMILES string of the molecule is CC.OCc1cc(-c2ccc(F)cc2)cc(-c2ccc(F)cc2)c1. The van der Waals surface area contributed by atoms with Crippen LogP contribution in [-0.4, -0.2) is 5.11 Å². The number of hydrogen-bond donors (Lipinski definition) is 1. The highest BCUT2D eigenvalue weighted by Gasteiger charge is 2.06. The van der Waals surface area contributed by atoms with Gasteiger partial charge in [0.25, 0.3) is 0 Å². The van der Waals surface area contributed by atoms with Crippen molar-refractivity contribution in [3.05, 3.63) is 83.9 Å². The van der Waals surface area contributed by atoms with Crippen LogP contribution in [0.5, 0.6) is 0 Å². The van der Waals surface area contributed by atoms with Crippen LogP contribution in [0.2, 0.25) is 0 Å². The standard InChI is InChI=1S/C19H14F2O.C2H6/c20-18-5-1-14(2-6-18)16-9-13(12-22)10-17(11-16)15-3-7-19(21)8-4-15;1-2/h1-11,22H,12H2;1-2H3. The Balaban J connectivity index is 0.00000100. The smallest absolute Gasteiger partial charge is 0.123 e. The fourth-order valence-electron chi connectivity index (χ4n) is 2.40. The summed E-state index contributed by atoms with van der Waals surface area (Å²) in [6.45, 7) is 3.91. The van der Waals surface area contributed by atoms with Crippen LogP contribution in [0.3, 0.4) is 0 Å². The Kier molecular flexibility index (Phi) is 6.21. The second kappa shape index (κ2) is 8.37. The van der Waals surface area contributed by atoms with Crippen molar-refractivity contribution in [2.45, 2.75) is 20.5 Å². The molecular weight excluding hydrogens is 306 g/mol. The van der Waals surface area contributed by atoms with Crippen LogP contribution in [0.15, 0.2) is 66.7 Å². The van der Waals surface area contributed by atoms with E-state index in [9.17, 15) is 13.9 Å². The summed E-state index contributed by atoms with van der Waals surface area (Å²) in [6.07, 6.45) is 0. The molecular formula is C21H20F2O. The van der Waals surface area contributed by atoms with E-state index in [0.29, 0.717) is 0 Å². The van der Waals surface area contributed by atoms with Gasteiger partial charge in [0, 0.05) is 0 Å². The van der Waals surface area contributed by atoms with Gasteiger partial charge >= 0.3 is 0 Å². The van der Waals surface area contributed by atoms with Crippen LogP contribution in [0, 0.1) is 11.6 Å². The highest BCUT2D eigenvalue weighted by molar-refractivity contribution is 5.74. The molecule has 1 N–H and O–H groups in total. The quantitative estimate of drug-likeness (QED) is 0.643. The lowest BCUT2D eigenvalue weighted by Gasteiger charge is -2.09. The molecule has 124 valence electrons. The number of hydrogen-bond acceptors (Lipinski definition) is 1. The van der Waals surface area contributed by atoms with Gasteiger partial charge in [0.15, 0.2) is 0 Å². The zero-order valence-corrected chi connectivity index (χ0v) is 13.8. The summed E-state index contributed by atoms with van der Waals surface area (Å²) in [4.78, 5) is 0. The normalized spacial score (nSPS) is 10.0. The molecule has 0 amide bonds. The third-order valence-electron chi connectivity index (χ3n) is 3.53. The third kappa shape index (κ3) is 4.27. The van der Waals surface area contributed by atoms with Crippen LogP contribution in [0.4, 0.5) is 8.78 Å². The van der Waals surface area contributed by atoms with Crippen molar-refractivity contribution in [2.75, 3.05) is 0 Å². The predicted molar refractivity (Wildman–Crippen MR) is 94.5 cm³/mol. The number of halogens is 2. The van der Waals surface area contributed by atoms with Gasteiger partial charge in [-0.1, -0.05) is 38.1 Å². The predicted octanol–water partition coefficient (Wildman–Crippen LogP) is 5.82. The average Bonchev–Trinajstić information content (AvgIpc) is 2.64. The Hall–Kier alpha value is -2.52. The topological polar surface area (TPSA) is 20.2 Å². The molecule has 0 radical (unpaired) electrons. The molecule has 3 aromatic rings. The number of aliphatic hydroxyl groups excluding tert-OH is 1. The van der Waals surface area contributed by atoms with E-state index in [1.807, 2.05) is 32.0 Å². The van der Waals surface area contributed by atoms with E-state index in [1.165, 1.54) is 24.3 Å². The second-order valence-electron chi connectivity index (χ2n) is 5.09. The van der Waals surface area contributed by atoms with Crippen molar-refractivity contribution < 1.29 is 13.9 Å². The molecule has 24 heavy (non-hydrogen) atoms. The van der Waals surface area contributed by atoms with Crippen LogP contribution >= 0.6 is 0 Å². The van der Waals surface area contributed by atoms with Gasteiger partial charge in [-0.2, -0.15) is 0 Å². The van der Waals surface area contributed by atoms with E-state index in [4.69, 9.17) is 0 Å². The van der Waals surface area contributed by atoms with Gasteiger partial charge in [0.05, 0.1) is 6.61 Å². The van der Waals surface area contributed by atoms with E-state index in [-0.39, 0.29) is 18.2 Å². The Morgan fingerprint density at radius 1 is 0.625 bits per heavy atom. The van der Waals surface area contributed by atoms with Gasteiger partial charge in [0.2, 0.25) is 0 Å². The van der Waals surface area contributed by atoms with Crippen LogP contribution in [0.25, 0.3) is 22.3 Å². The minimum atomic E-state index is -0.291. The molecule has 3 heteroatoms. The van der Waals surface area contributed by atoms with Crippen LogP contribution in [-0.2, 0) is 6.61 Å². The first-order chi connectivity index (χ1) is 11.7. The molecule has 0 unspecified atom stereocenters. The summed E-state index contributed by atoms with van der Waals surface area (Å²) in [5.74, 6) is -0.582. The van der Waals surface area contributed by atoms with E-state index in [0.717, 1.165) is 27.8 Å². The van der Waals surface area contributed by atoms with Gasteiger partial charge in [0.1, 0.15) is 11.6 Å². The third-order valence-corrected chi connectivity index (χ3v) is 3.53. The summed E-state index contributed by atoms with van der Waals surface area (Å²) >= 11 is 0. The Bertz CT molecular complexity index is 714. The fourth-order valence-corrected chi connectivity index (χ4v) is 2.40. The van der Waals surface area contributed by atoms with Crippen molar-refractivity contribution >= 4 is 0 Å². The maximum atomic E-state index is 13.1. The fraction of sp³-hybridized carbons (Fsp3) is 0.143. The van der Waals surface area contributed by atoms with Crippen molar-refractivity contribution in [2.24, 2.45) is 0 Å². The van der Waals surface area contributed by atoms with Crippen molar-refractivity contribution in [1.82, 2.24) is 0 Å². The molecule has 0 bridgehead atoms. The molecule has 0 aromatic heterocycles. The number of aliphatic hydroxyl groups is 1. The lowest BCUT2D eigenvalue weighted by atomic mass is 9.96. The summed E-state index contributed by atoms with van der Waals surface area (Å²) < 4.78 is 26.1. The van der Waals surface area contributed by atoms with Crippen LogP contribution in [0.1, 0.15) is 19.4 Å². The Morgan fingerprint density at radius 2 is 1.00 bits per heavy atom. The van der Waals surface area contributed by atoms with Crippen molar-refractivity contribution in [3.63, 3.8) is 0 Å². The number of benzene rings is 3. The van der Waals surface area contributed by atoms with Gasteiger partial charge in [-0.3, -0.25) is 0 Å². The largest absolute Gasteiger partial charge is 0.392 e. The first-order valence-corrected chi connectivity index (χ1v) is 7.92. The molecule has 0 aliphatic carbocycles. The summed E-state index contributed by atoms with van der Waals surface area (Å²) in [6, 6.07) is 18.1. The van der Waals surface area contributed by atoms with E-state index < -0.39 is 0 Å². The Labute approximate surface area is 141 Å². The molecule has 3 rings (SSSR count). The molecule has 1 nitrogen and oxygen atoms in total. The zero-order valence-electron chi connectivity index (χ0n) is 13.8. The van der Waals surface area contributed by atoms with Gasteiger partial charge in [-0.15, -0.1) is 0 Å². The lowest BCUT2D eigenvalue weighted by molar-refractivity contribution is 0.282. The zero-order chi connectivity index (χ0) is 17.5.